The lowest BCUT2D eigenvalue weighted by atomic mass is 10.2. The molecule has 0 saturated heterocycles. The summed E-state index contributed by atoms with van der Waals surface area (Å²) < 4.78 is 15.7. The second-order valence-corrected chi connectivity index (χ2v) is 5.34. The smallest absolute Gasteiger partial charge is 0.251 e. The van der Waals surface area contributed by atoms with Crippen LogP contribution in [-0.2, 0) is 4.57 Å². The van der Waals surface area contributed by atoms with Gasteiger partial charge in [0.05, 0.1) is 7.11 Å². The lowest BCUT2D eigenvalue weighted by Gasteiger charge is -2.11. The Labute approximate surface area is 107 Å². The average Bonchev–Trinajstić information content (AvgIpc) is 2.35. The Kier molecular flexibility index (Phi) is 5.89. The minimum Gasteiger partial charge on any atom is -0.497 e. The topological polar surface area (TPSA) is 75.6 Å². The zero-order chi connectivity index (χ0) is 13.5. The maximum Gasteiger partial charge on any atom is 0.251 e. The van der Waals surface area contributed by atoms with Gasteiger partial charge in [0.1, 0.15) is 5.75 Å². The van der Waals surface area contributed by atoms with Crippen molar-refractivity contribution < 1.29 is 19.0 Å². The number of methoxy groups -OCH3 is 1. The van der Waals surface area contributed by atoms with E-state index in [0.717, 1.165) is 0 Å². The highest BCUT2D eigenvalue weighted by Crippen LogP contribution is 2.17. The average molecular weight is 271 g/mol. The molecule has 5 nitrogen and oxygen atoms in total. The van der Waals surface area contributed by atoms with Gasteiger partial charge in [0, 0.05) is 18.3 Å². The number of hydrogen-bond donors (Lipinski definition) is 2. The molecular formula is C12H18NO4P. The molecule has 2 N–H and O–H groups in total. The van der Waals surface area contributed by atoms with E-state index in [4.69, 9.17) is 9.63 Å². The fourth-order valence-electron chi connectivity index (χ4n) is 1.48. The molecule has 0 aromatic heterocycles. The maximum atomic E-state index is 11.8. The SMILES string of the molecule is COc1ccc(C(=O)NCC(C)C[PH](=O)O)cc1. The molecule has 0 radical (unpaired) electrons. The Bertz CT molecular complexity index is 419. The molecule has 6 heteroatoms. The molecule has 1 aromatic rings. The van der Waals surface area contributed by atoms with Crippen LogP contribution in [0.3, 0.4) is 0 Å². The summed E-state index contributed by atoms with van der Waals surface area (Å²) in [6.45, 7) is 2.22. The summed E-state index contributed by atoms with van der Waals surface area (Å²) in [4.78, 5) is 20.5. The minimum absolute atomic E-state index is 0.0106. The van der Waals surface area contributed by atoms with Crippen LogP contribution in [0.15, 0.2) is 24.3 Å². The van der Waals surface area contributed by atoms with Crippen molar-refractivity contribution >= 4 is 13.9 Å². The van der Waals surface area contributed by atoms with Gasteiger partial charge in [-0.25, -0.2) is 0 Å². The molecule has 18 heavy (non-hydrogen) atoms. The van der Waals surface area contributed by atoms with Crippen LogP contribution in [0.1, 0.15) is 17.3 Å². The van der Waals surface area contributed by atoms with E-state index in [9.17, 15) is 9.36 Å². The summed E-state index contributed by atoms with van der Waals surface area (Å²) in [6, 6.07) is 6.77. The lowest BCUT2D eigenvalue weighted by molar-refractivity contribution is 0.0949. The Balaban J connectivity index is 2.47. The van der Waals surface area contributed by atoms with Crippen molar-refractivity contribution in [2.45, 2.75) is 6.92 Å². The Morgan fingerprint density at radius 1 is 1.44 bits per heavy atom. The van der Waals surface area contributed by atoms with Crippen LogP contribution in [0.2, 0.25) is 0 Å². The van der Waals surface area contributed by atoms with Crippen LogP contribution in [0.4, 0.5) is 0 Å². The maximum absolute atomic E-state index is 11.8. The van der Waals surface area contributed by atoms with Gasteiger partial charge in [-0.2, -0.15) is 0 Å². The van der Waals surface area contributed by atoms with E-state index in [2.05, 4.69) is 5.32 Å². The van der Waals surface area contributed by atoms with Crippen LogP contribution >= 0.6 is 8.03 Å². The van der Waals surface area contributed by atoms with Gasteiger partial charge in [0.15, 0.2) is 8.03 Å². The van der Waals surface area contributed by atoms with Crippen molar-refractivity contribution in [1.29, 1.82) is 0 Å². The van der Waals surface area contributed by atoms with E-state index in [1.54, 1.807) is 31.4 Å². The lowest BCUT2D eigenvalue weighted by Crippen LogP contribution is -2.29. The van der Waals surface area contributed by atoms with Crippen LogP contribution in [-0.4, -0.2) is 30.6 Å². The highest BCUT2D eigenvalue weighted by Gasteiger charge is 2.09. The fraction of sp³-hybridized carbons (Fsp3) is 0.417. The van der Waals surface area contributed by atoms with Gasteiger partial charge in [-0.1, -0.05) is 6.92 Å². The molecule has 1 amide bonds. The highest BCUT2D eigenvalue weighted by atomic mass is 31.1. The predicted molar refractivity (Wildman–Crippen MR) is 70.6 cm³/mol. The molecule has 0 aliphatic carbocycles. The van der Waals surface area contributed by atoms with Crippen molar-refractivity contribution in [3.63, 3.8) is 0 Å². The fourth-order valence-corrected chi connectivity index (χ4v) is 2.22. The molecule has 1 rings (SSSR count). The molecule has 1 aromatic carbocycles. The van der Waals surface area contributed by atoms with Gasteiger partial charge in [-0.3, -0.25) is 9.36 Å². The van der Waals surface area contributed by atoms with Crippen LogP contribution in [0, 0.1) is 5.92 Å². The number of carbonyl (C=O) groups excluding carboxylic acids is 1. The predicted octanol–water partition coefficient (Wildman–Crippen LogP) is 1.53. The summed E-state index contributed by atoms with van der Waals surface area (Å²) in [6.07, 6.45) is 0.230. The largest absolute Gasteiger partial charge is 0.497 e. The van der Waals surface area contributed by atoms with Crippen molar-refractivity contribution in [3.05, 3.63) is 29.8 Å². The molecular weight excluding hydrogens is 253 g/mol. The number of carbonyl (C=O) groups is 1. The van der Waals surface area contributed by atoms with Crippen molar-refractivity contribution in [3.8, 4) is 5.75 Å². The van der Waals surface area contributed by atoms with Gasteiger partial charge < -0.3 is 14.9 Å². The number of benzene rings is 1. The third-order valence-corrected chi connectivity index (χ3v) is 3.53. The monoisotopic (exact) mass is 271 g/mol. The van der Waals surface area contributed by atoms with E-state index in [0.29, 0.717) is 17.9 Å². The molecule has 2 atom stereocenters. The molecule has 0 spiro atoms. The van der Waals surface area contributed by atoms with E-state index >= 15 is 0 Å². The molecule has 0 heterocycles. The Hall–Kier alpha value is -1.32. The first-order valence-electron chi connectivity index (χ1n) is 5.67. The first kappa shape index (κ1) is 14.7. The zero-order valence-corrected chi connectivity index (χ0v) is 11.5. The van der Waals surface area contributed by atoms with E-state index in [1.807, 2.05) is 6.92 Å². The zero-order valence-electron chi connectivity index (χ0n) is 10.5. The molecule has 0 aliphatic rings. The highest BCUT2D eigenvalue weighted by molar-refractivity contribution is 7.38. The second-order valence-electron chi connectivity index (χ2n) is 4.14. The number of hydrogen-bond acceptors (Lipinski definition) is 3. The molecule has 0 fully saturated rings. The normalized spacial score (nSPS) is 13.7. The van der Waals surface area contributed by atoms with Crippen molar-refractivity contribution in [2.75, 3.05) is 19.8 Å². The van der Waals surface area contributed by atoms with Crippen molar-refractivity contribution in [1.82, 2.24) is 5.32 Å². The third kappa shape index (κ3) is 4.90. The van der Waals surface area contributed by atoms with Crippen LogP contribution in [0.25, 0.3) is 0 Å². The quantitative estimate of drug-likeness (QED) is 0.769. The summed E-state index contributed by atoms with van der Waals surface area (Å²) in [5.74, 6) is 0.490. The Morgan fingerprint density at radius 2 is 2.06 bits per heavy atom. The minimum atomic E-state index is -2.47. The first-order chi connectivity index (χ1) is 8.52. The van der Waals surface area contributed by atoms with Crippen LogP contribution < -0.4 is 10.1 Å². The van der Waals surface area contributed by atoms with E-state index < -0.39 is 8.03 Å². The summed E-state index contributed by atoms with van der Waals surface area (Å²) in [5, 5.41) is 2.73. The number of rotatable bonds is 6. The van der Waals surface area contributed by atoms with Gasteiger partial charge in [-0.05, 0) is 30.2 Å². The molecule has 2 unspecified atom stereocenters. The van der Waals surface area contributed by atoms with E-state index in [1.165, 1.54) is 0 Å². The molecule has 0 bridgehead atoms. The first-order valence-corrected chi connectivity index (χ1v) is 7.23. The number of ether oxygens (including phenoxy) is 1. The van der Waals surface area contributed by atoms with E-state index in [-0.39, 0.29) is 18.0 Å². The van der Waals surface area contributed by atoms with Crippen molar-refractivity contribution in [2.24, 2.45) is 5.92 Å². The van der Waals surface area contributed by atoms with Gasteiger partial charge in [0.25, 0.3) is 5.91 Å². The number of amides is 1. The summed E-state index contributed by atoms with van der Waals surface area (Å²) >= 11 is 0. The summed E-state index contributed by atoms with van der Waals surface area (Å²) in [7, 11) is -0.908. The van der Waals surface area contributed by atoms with Gasteiger partial charge in [0.2, 0.25) is 0 Å². The number of nitrogens with one attached hydrogen (secondary N) is 1. The van der Waals surface area contributed by atoms with Crippen LogP contribution in [0.5, 0.6) is 5.75 Å². The summed E-state index contributed by atoms with van der Waals surface area (Å²) in [5.41, 5.74) is 0.541. The van der Waals surface area contributed by atoms with Gasteiger partial charge >= 0.3 is 0 Å². The standard InChI is InChI=1S/C12H18NO4P/c1-9(8-18(15)16)7-13-12(14)10-3-5-11(17-2)6-4-10/h3-6,9,18H,7-8H2,1-2H3,(H,13,14)(H,15,16). The third-order valence-electron chi connectivity index (χ3n) is 2.49. The Morgan fingerprint density at radius 3 is 2.56 bits per heavy atom. The molecule has 100 valence electrons. The van der Waals surface area contributed by atoms with Gasteiger partial charge in [-0.15, -0.1) is 0 Å². The molecule has 0 saturated carbocycles. The molecule has 0 aliphatic heterocycles. The second kappa shape index (κ2) is 7.19.